The molecule has 2 heterocycles. The first-order valence-electron chi connectivity index (χ1n) is 6.93. The van der Waals surface area contributed by atoms with Crippen LogP contribution in [0.2, 0.25) is 0 Å². The standard InChI is InChI=1S/C14H22N4O/c1-3-4-7-19-8-5-6-15-13-12-9-11(2)18-14(12)17-10-16-13/h9-10H,3-8H2,1-2H3,(H2,15,16,17,18). The summed E-state index contributed by atoms with van der Waals surface area (Å²) in [5.74, 6) is 0.892. The van der Waals surface area contributed by atoms with Gasteiger partial charge in [-0.15, -0.1) is 0 Å². The fourth-order valence-electron chi connectivity index (χ4n) is 1.94. The predicted molar refractivity (Wildman–Crippen MR) is 77.5 cm³/mol. The van der Waals surface area contributed by atoms with Crippen molar-refractivity contribution in [2.45, 2.75) is 33.1 Å². The smallest absolute Gasteiger partial charge is 0.143 e. The number of hydrogen-bond donors (Lipinski definition) is 2. The molecule has 19 heavy (non-hydrogen) atoms. The van der Waals surface area contributed by atoms with Crippen LogP contribution >= 0.6 is 0 Å². The number of ether oxygens (including phenoxy) is 1. The van der Waals surface area contributed by atoms with Crippen LogP contribution < -0.4 is 5.32 Å². The Balaban J connectivity index is 1.78. The number of aromatic amines is 1. The lowest BCUT2D eigenvalue weighted by atomic mass is 10.3. The Morgan fingerprint density at radius 2 is 2.11 bits per heavy atom. The van der Waals surface area contributed by atoms with E-state index in [9.17, 15) is 0 Å². The summed E-state index contributed by atoms with van der Waals surface area (Å²) in [7, 11) is 0. The average molecular weight is 262 g/mol. The maximum absolute atomic E-state index is 5.52. The lowest BCUT2D eigenvalue weighted by molar-refractivity contribution is 0.131. The van der Waals surface area contributed by atoms with Crippen molar-refractivity contribution < 1.29 is 4.74 Å². The molecule has 0 aliphatic heterocycles. The summed E-state index contributed by atoms with van der Waals surface area (Å²) in [5, 5.41) is 4.39. The van der Waals surface area contributed by atoms with E-state index in [0.717, 1.165) is 55.1 Å². The molecule has 2 aromatic rings. The summed E-state index contributed by atoms with van der Waals surface area (Å²) in [5.41, 5.74) is 1.98. The minimum Gasteiger partial charge on any atom is -0.381 e. The number of aromatic nitrogens is 3. The van der Waals surface area contributed by atoms with Gasteiger partial charge in [0.05, 0.1) is 5.39 Å². The molecule has 0 saturated carbocycles. The largest absolute Gasteiger partial charge is 0.381 e. The lowest BCUT2D eigenvalue weighted by Gasteiger charge is -2.06. The summed E-state index contributed by atoms with van der Waals surface area (Å²) in [6.45, 7) is 6.72. The van der Waals surface area contributed by atoms with Gasteiger partial charge in [0.2, 0.25) is 0 Å². The van der Waals surface area contributed by atoms with Crippen molar-refractivity contribution in [2.75, 3.05) is 25.1 Å². The molecule has 0 saturated heterocycles. The molecule has 0 bridgehead atoms. The van der Waals surface area contributed by atoms with E-state index >= 15 is 0 Å². The third-order valence-corrected chi connectivity index (χ3v) is 2.96. The van der Waals surface area contributed by atoms with E-state index in [-0.39, 0.29) is 0 Å². The highest BCUT2D eigenvalue weighted by Gasteiger charge is 2.05. The molecule has 0 spiro atoms. The molecule has 104 valence electrons. The van der Waals surface area contributed by atoms with E-state index < -0.39 is 0 Å². The Kier molecular flexibility index (Phi) is 5.15. The molecule has 0 unspecified atom stereocenters. The number of nitrogens with zero attached hydrogens (tertiary/aromatic N) is 2. The summed E-state index contributed by atoms with van der Waals surface area (Å²) >= 11 is 0. The number of anilines is 1. The van der Waals surface area contributed by atoms with Crippen molar-refractivity contribution in [1.82, 2.24) is 15.0 Å². The Morgan fingerprint density at radius 1 is 1.26 bits per heavy atom. The minimum atomic E-state index is 0.799. The quantitative estimate of drug-likeness (QED) is 0.718. The van der Waals surface area contributed by atoms with Crippen LogP contribution in [0.5, 0.6) is 0 Å². The highest BCUT2D eigenvalue weighted by atomic mass is 16.5. The highest BCUT2D eigenvalue weighted by Crippen LogP contribution is 2.19. The van der Waals surface area contributed by atoms with Crippen LogP contribution in [-0.4, -0.2) is 34.7 Å². The van der Waals surface area contributed by atoms with Gasteiger partial charge in [0.1, 0.15) is 17.8 Å². The lowest BCUT2D eigenvalue weighted by Crippen LogP contribution is -2.07. The zero-order valence-corrected chi connectivity index (χ0v) is 11.7. The summed E-state index contributed by atoms with van der Waals surface area (Å²) in [6, 6.07) is 2.06. The van der Waals surface area contributed by atoms with Gasteiger partial charge >= 0.3 is 0 Å². The molecule has 0 fully saturated rings. The molecular formula is C14H22N4O. The minimum absolute atomic E-state index is 0.799. The van der Waals surface area contributed by atoms with Gasteiger partial charge in [0.25, 0.3) is 0 Å². The Hall–Kier alpha value is -1.62. The van der Waals surface area contributed by atoms with Crippen LogP contribution in [0.15, 0.2) is 12.4 Å². The van der Waals surface area contributed by atoms with Crippen LogP contribution in [0.3, 0.4) is 0 Å². The van der Waals surface area contributed by atoms with E-state index in [4.69, 9.17) is 4.74 Å². The number of aryl methyl sites for hydroxylation is 1. The first-order chi connectivity index (χ1) is 9.31. The van der Waals surface area contributed by atoms with Gasteiger partial charge in [0.15, 0.2) is 0 Å². The van der Waals surface area contributed by atoms with E-state index in [0.29, 0.717) is 0 Å². The first-order valence-corrected chi connectivity index (χ1v) is 6.93. The topological polar surface area (TPSA) is 62.8 Å². The molecule has 0 atom stereocenters. The molecular weight excluding hydrogens is 240 g/mol. The molecule has 5 heteroatoms. The van der Waals surface area contributed by atoms with Gasteiger partial charge in [-0.3, -0.25) is 0 Å². The van der Waals surface area contributed by atoms with Gasteiger partial charge in [-0.25, -0.2) is 9.97 Å². The number of H-pyrrole nitrogens is 1. The van der Waals surface area contributed by atoms with Crippen LogP contribution in [0.25, 0.3) is 11.0 Å². The van der Waals surface area contributed by atoms with Gasteiger partial charge in [-0.1, -0.05) is 13.3 Å². The normalized spacial score (nSPS) is 11.1. The monoisotopic (exact) mass is 262 g/mol. The van der Waals surface area contributed by atoms with Gasteiger partial charge in [0, 0.05) is 25.5 Å². The number of hydrogen-bond acceptors (Lipinski definition) is 4. The summed E-state index contributed by atoms with van der Waals surface area (Å²) < 4.78 is 5.52. The number of nitrogens with one attached hydrogen (secondary N) is 2. The van der Waals surface area contributed by atoms with Crippen molar-refractivity contribution in [3.05, 3.63) is 18.1 Å². The van der Waals surface area contributed by atoms with Crippen molar-refractivity contribution in [2.24, 2.45) is 0 Å². The van der Waals surface area contributed by atoms with Crippen LogP contribution in [-0.2, 0) is 4.74 Å². The average Bonchev–Trinajstić information content (AvgIpc) is 2.78. The van der Waals surface area contributed by atoms with Crippen LogP contribution in [0.1, 0.15) is 31.9 Å². The fraction of sp³-hybridized carbons (Fsp3) is 0.571. The zero-order valence-electron chi connectivity index (χ0n) is 11.7. The van der Waals surface area contributed by atoms with Crippen molar-refractivity contribution in [1.29, 1.82) is 0 Å². The number of rotatable bonds is 8. The molecule has 0 amide bonds. The van der Waals surface area contributed by atoms with Crippen molar-refractivity contribution >= 4 is 16.9 Å². The number of fused-ring (bicyclic) bond motifs is 1. The Morgan fingerprint density at radius 3 is 2.95 bits per heavy atom. The predicted octanol–water partition coefficient (Wildman–Crippen LogP) is 2.89. The van der Waals surface area contributed by atoms with E-state index in [2.05, 4.69) is 33.3 Å². The molecule has 2 rings (SSSR count). The molecule has 0 radical (unpaired) electrons. The molecule has 2 N–H and O–H groups in total. The second-order valence-corrected chi connectivity index (χ2v) is 4.68. The molecule has 0 aliphatic rings. The van der Waals surface area contributed by atoms with Gasteiger partial charge < -0.3 is 15.0 Å². The third kappa shape index (κ3) is 3.92. The van der Waals surface area contributed by atoms with Gasteiger partial charge in [-0.2, -0.15) is 0 Å². The van der Waals surface area contributed by atoms with E-state index in [1.54, 1.807) is 6.33 Å². The molecule has 5 nitrogen and oxygen atoms in total. The first kappa shape index (κ1) is 13.8. The van der Waals surface area contributed by atoms with Gasteiger partial charge in [-0.05, 0) is 25.8 Å². The maximum Gasteiger partial charge on any atom is 0.143 e. The summed E-state index contributed by atoms with van der Waals surface area (Å²) in [4.78, 5) is 11.7. The SMILES string of the molecule is CCCCOCCCNc1ncnc2[nH]c(C)cc12. The fourth-order valence-corrected chi connectivity index (χ4v) is 1.94. The van der Waals surface area contributed by atoms with Crippen molar-refractivity contribution in [3.8, 4) is 0 Å². The van der Waals surface area contributed by atoms with Crippen LogP contribution in [0.4, 0.5) is 5.82 Å². The number of unbranched alkanes of at least 4 members (excludes halogenated alkanes) is 1. The summed E-state index contributed by atoms with van der Waals surface area (Å²) in [6.07, 6.45) is 4.89. The highest BCUT2D eigenvalue weighted by molar-refractivity contribution is 5.87. The van der Waals surface area contributed by atoms with Crippen molar-refractivity contribution in [3.63, 3.8) is 0 Å². The second kappa shape index (κ2) is 7.09. The maximum atomic E-state index is 5.52. The van der Waals surface area contributed by atoms with Crippen LogP contribution in [0, 0.1) is 6.92 Å². The zero-order chi connectivity index (χ0) is 13.5. The van der Waals surface area contributed by atoms with E-state index in [1.165, 1.54) is 6.42 Å². The van der Waals surface area contributed by atoms with E-state index in [1.807, 2.05) is 6.92 Å². The second-order valence-electron chi connectivity index (χ2n) is 4.68. The Bertz CT molecular complexity index is 509. The molecule has 0 aliphatic carbocycles. The molecule has 2 aromatic heterocycles. The third-order valence-electron chi connectivity index (χ3n) is 2.96. The Labute approximate surface area is 113 Å². The molecule has 0 aromatic carbocycles.